The SMILES string of the molecule is Cc1ccc(C(=O)Nc2ccc(O)c(Cl)c2)c(Br)c1. The minimum Gasteiger partial charge on any atom is -0.506 e. The Balaban J connectivity index is 2.23. The van der Waals surface area contributed by atoms with Crippen LogP contribution in [-0.4, -0.2) is 11.0 Å². The molecule has 2 N–H and O–H groups in total. The summed E-state index contributed by atoms with van der Waals surface area (Å²) in [5.41, 5.74) is 2.13. The number of aromatic hydroxyl groups is 1. The molecule has 2 aromatic carbocycles. The second kappa shape index (κ2) is 5.63. The third kappa shape index (κ3) is 3.28. The van der Waals surface area contributed by atoms with Crippen LogP contribution < -0.4 is 5.32 Å². The molecule has 0 heterocycles. The molecule has 0 fully saturated rings. The first-order valence-electron chi connectivity index (χ1n) is 5.53. The minimum atomic E-state index is -0.242. The summed E-state index contributed by atoms with van der Waals surface area (Å²) in [6.45, 7) is 1.95. The van der Waals surface area contributed by atoms with Crippen molar-refractivity contribution in [3.8, 4) is 5.75 Å². The summed E-state index contributed by atoms with van der Waals surface area (Å²) >= 11 is 9.15. The number of benzene rings is 2. The van der Waals surface area contributed by atoms with Crippen molar-refractivity contribution in [3.05, 3.63) is 57.0 Å². The number of aryl methyl sites for hydroxylation is 1. The van der Waals surface area contributed by atoms with Crippen molar-refractivity contribution in [2.24, 2.45) is 0 Å². The lowest BCUT2D eigenvalue weighted by atomic mass is 10.1. The van der Waals surface area contributed by atoms with Crippen LogP contribution in [0, 0.1) is 6.92 Å². The number of nitrogens with one attached hydrogen (secondary N) is 1. The molecule has 0 atom stereocenters. The quantitative estimate of drug-likeness (QED) is 0.798. The van der Waals surface area contributed by atoms with Crippen molar-refractivity contribution in [2.45, 2.75) is 6.92 Å². The van der Waals surface area contributed by atoms with Gasteiger partial charge < -0.3 is 10.4 Å². The van der Waals surface area contributed by atoms with E-state index in [1.807, 2.05) is 19.1 Å². The van der Waals surface area contributed by atoms with Crippen LogP contribution in [0.1, 0.15) is 15.9 Å². The van der Waals surface area contributed by atoms with Crippen molar-refractivity contribution in [2.75, 3.05) is 5.32 Å². The number of carbonyl (C=O) groups excluding carboxylic acids is 1. The maximum absolute atomic E-state index is 12.1. The molecule has 0 spiro atoms. The van der Waals surface area contributed by atoms with Gasteiger partial charge in [-0.2, -0.15) is 0 Å². The van der Waals surface area contributed by atoms with Gasteiger partial charge in [-0.05, 0) is 58.7 Å². The number of halogens is 2. The molecule has 0 aromatic heterocycles. The van der Waals surface area contributed by atoms with Gasteiger partial charge in [0.2, 0.25) is 0 Å². The number of phenols is 1. The highest BCUT2D eigenvalue weighted by Gasteiger charge is 2.11. The zero-order chi connectivity index (χ0) is 14.0. The second-order valence-electron chi connectivity index (χ2n) is 4.10. The highest BCUT2D eigenvalue weighted by Crippen LogP contribution is 2.27. The Labute approximate surface area is 124 Å². The molecule has 19 heavy (non-hydrogen) atoms. The van der Waals surface area contributed by atoms with Crippen LogP contribution in [0.25, 0.3) is 0 Å². The van der Waals surface area contributed by atoms with E-state index in [1.165, 1.54) is 12.1 Å². The van der Waals surface area contributed by atoms with Crippen molar-refractivity contribution < 1.29 is 9.90 Å². The number of hydrogen-bond donors (Lipinski definition) is 2. The molecule has 5 heteroatoms. The molecule has 98 valence electrons. The fraction of sp³-hybridized carbons (Fsp3) is 0.0714. The standard InChI is InChI=1S/C14H11BrClNO2/c1-8-2-4-10(11(15)6-8)14(19)17-9-3-5-13(18)12(16)7-9/h2-7,18H,1H3,(H,17,19). The summed E-state index contributed by atoms with van der Waals surface area (Å²) in [5, 5.41) is 12.2. The zero-order valence-corrected chi connectivity index (χ0v) is 12.4. The van der Waals surface area contributed by atoms with Crippen LogP contribution in [0.15, 0.2) is 40.9 Å². The Morgan fingerprint density at radius 3 is 2.63 bits per heavy atom. The Hall–Kier alpha value is -1.52. The van der Waals surface area contributed by atoms with Gasteiger partial charge in [-0.1, -0.05) is 17.7 Å². The average molecular weight is 341 g/mol. The van der Waals surface area contributed by atoms with Crippen LogP contribution >= 0.6 is 27.5 Å². The molecule has 0 radical (unpaired) electrons. The molecule has 2 rings (SSSR count). The van der Waals surface area contributed by atoms with Crippen molar-refractivity contribution in [3.63, 3.8) is 0 Å². The van der Waals surface area contributed by atoms with E-state index in [2.05, 4.69) is 21.2 Å². The lowest BCUT2D eigenvalue weighted by Gasteiger charge is -2.08. The number of amides is 1. The summed E-state index contributed by atoms with van der Waals surface area (Å²) in [6, 6.07) is 10.00. The zero-order valence-electron chi connectivity index (χ0n) is 10.1. The maximum Gasteiger partial charge on any atom is 0.256 e. The van der Waals surface area contributed by atoms with Crippen LogP contribution in [0.5, 0.6) is 5.75 Å². The fourth-order valence-electron chi connectivity index (χ4n) is 1.59. The van der Waals surface area contributed by atoms with Gasteiger partial charge in [0.1, 0.15) is 5.75 Å². The monoisotopic (exact) mass is 339 g/mol. The van der Waals surface area contributed by atoms with E-state index in [-0.39, 0.29) is 16.7 Å². The third-order valence-electron chi connectivity index (χ3n) is 2.57. The Bertz CT molecular complexity index is 643. The van der Waals surface area contributed by atoms with Gasteiger partial charge in [0.25, 0.3) is 5.91 Å². The van der Waals surface area contributed by atoms with Gasteiger partial charge in [0, 0.05) is 10.2 Å². The summed E-state index contributed by atoms with van der Waals surface area (Å²) in [6.07, 6.45) is 0. The van der Waals surface area contributed by atoms with Crippen LogP contribution in [-0.2, 0) is 0 Å². The molecular formula is C14H11BrClNO2. The molecular weight excluding hydrogens is 330 g/mol. The lowest BCUT2D eigenvalue weighted by Crippen LogP contribution is -2.12. The largest absolute Gasteiger partial charge is 0.506 e. The number of carbonyl (C=O) groups is 1. The van der Waals surface area contributed by atoms with E-state index >= 15 is 0 Å². The molecule has 0 unspecified atom stereocenters. The molecule has 0 aliphatic heterocycles. The molecule has 0 aliphatic carbocycles. The van der Waals surface area contributed by atoms with Crippen molar-refractivity contribution in [1.29, 1.82) is 0 Å². The summed E-state index contributed by atoms with van der Waals surface area (Å²) in [7, 11) is 0. The normalized spacial score (nSPS) is 10.3. The van der Waals surface area contributed by atoms with Gasteiger partial charge in [0.05, 0.1) is 10.6 Å². The van der Waals surface area contributed by atoms with E-state index in [4.69, 9.17) is 11.6 Å². The van der Waals surface area contributed by atoms with Crippen LogP contribution in [0.3, 0.4) is 0 Å². The van der Waals surface area contributed by atoms with E-state index in [0.717, 1.165) is 10.0 Å². The van der Waals surface area contributed by atoms with E-state index < -0.39 is 0 Å². The van der Waals surface area contributed by atoms with E-state index in [9.17, 15) is 9.90 Å². The molecule has 0 aliphatic rings. The number of rotatable bonds is 2. The first kappa shape index (κ1) is 13.9. The molecule has 0 saturated carbocycles. The molecule has 2 aromatic rings. The predicted molar refractivity (Wildman–Crippen MR) is 79.9 cm³/mol. The highest BCUT2D eigenvalue weighted by atomic mass is 79.9. The molecule has 1 amide bonds. The summed E-state index contributed by atoms with van der Waals surface area (Å²) in [5.74, 6) is -0.259. The summed E-state index contributed by atoms with van der Waals surface area (Å²) in [4.78, 5) is 12.1. The summed E-state index contributed by atoms with van der Waals surface area (Å²) < 4.78 is 0.731. The van der Waals surface area contributed by atoms with Gasteiger partial charge >= 0.3 is 0 Å². The first-order chi connectivity index (χ1) is 8.97. The number of phenolic OH excluding ortho intramolecular Hbond substituents is 1. The number of hydrogen-bond acceptors (Lipinski definition) is 2. The maximum atomic E-state index is 12.1. The number of anilines is 1. The Kier molecular flexibility index (Phi) is 4.12. The lowest BCUT2D eigenvalue weighted by molar-refractivity contribution is 0.102. The van der Waals surface area contributed by atoms with E-state index in [1.54, 1.807) is 12.1 Å². The topological polar surface area (TPSA) is 49.3 Å². The smallest absolute Gasteiger partial charge is 0.256 e. The fourth-order valence-corrected chi connectivity index (χ4v) is 2.44. The Morgan fingerprint density at radius 2 is 2.00 bits per heavy atom. The second-order valence-corrected chi connectivity index (χ2v) is 5.37. The predicted octanol–water partition coefficient (Wildman–Crippen LogP) is 4.37. The van der Waals surface area contributed by atoms with Gasteiger partial charge in [0.15, 0.2) is 0 Å². The Morgan fingerprint density at radius 1 is 1.26 bits per heavy atom. The van der Waals surface area contributed by atoms with Crippen molar-refractivity contribution >= 4 is 39.1 Å². The van der Waals surface area contributed by atoms with Gasteiger partial charge in [-0.15, -0.1) is 0 Å². The van der Waals surface area contributed by atoms with Crippen LogP contribution in [0.2, 0.25) is 5.02 Å². The van der Waals surface area contributed by atoms with E-state index in [0.29, 0.717) is 11.3 Å². The van der Waals surface area contributed by atoms with Gasteiger partial charge in [-0.3, -0.25) is 4.79 Å². The molecule has 0 saturated heterocycles. The minimum absolute atomic E-state index is 0.0174. The molecule has 3 nitrogen and oxygen atoms in total. The van der Waals surface area contributed by atoms with Crippen molar-refractivity contribution in [1.82, 2.24) is 0 Å². The highest BCUT2D eigenvalue weighted by molar-refractivity contribution is 9.10. The van der Waals surface area contributed by atoms with Gasteiger partial charge in [-0.25, -0.2) is 0 Å². The first-order valence-corrected chi connectivity index (χ1v) is 6.70. The molecule has 0 bridgehead atoms. The average Bonchev–Trinajstić information content (AvgIpc) is 2.33. The third-order valence-corrected chi connectivity index (χ3v) is 3.53. The van der Waals surface area contributed by atoms with Crippen LogP contribution in [0.4, 0.5) is 5.69 Å².